The van der Waals surface area contributed by atoms with Gasteiger partial charge in [0.05, 0.1) is 13.2 Å². The Morgan fingerprint density at radius 3 is 2.65 bits per heavy atom. The van der Waals surface area contributed by atoms with Crippen LogP contribution in [0.15, 0.2) is 18.2 Å². The van der Waals surface area contributed by atoms with Crippen molar-refractivity contribution in [3.8, 4) is 11.5 Å². The van der Waals surface area contributed by atoms with Crippen molar-refractivity contribution in [2.24, 2.45) is 11.8 Å². The van der Waals surface area contributed by atoms with Crippen molar-refractivity contribution in [1.29, 1.82) is 0 Å². The number of fused-ring (bicyclic) bond motifs is 1. The third-order valence-corrected chi connectivity index (χ3v) is 4.81. The number of hydrogen-bond donors (Lipinski definition) is 1. The molecule has 1 aliphatic heterocycles. The molecule has 0 saturated heterocycles. The fourth-order valence-corrected chi connectivity index (χ4v) is 3.25. The van der Waals surface area contributed by atoms with Gasteiger partial charge in [-0.25, -0.2) is 0 Å². The summed E-state index contributed by atoms with van der Waals surface area (Å²) < 4.78 is 11.4. The maximum atomic E-state index is 5.76. The minimum Gasteiger partial charge on any atom is -0.490 e. The summed E-state index contributed by atoms with van der Waals surface area (Å²) in [4.78, 5) is 0. The van der Waals surface area contributed by atoms with Gasteiger partial charge in [-0.15, -0.1) is 0 Å². The second kappa shape index (κ2) is 5.94. The number of rotatable bonds is 2. The fraction of sp³-hybridized carbons (Fsp3) is 0.647. The normalized spacial score (nSPS) is 29.6. The van der Waals surface area contributed by atoms with E-state index in [1.165, 1.54) is 19.3 Å². The van der Waals surface area contributed by atoms with Crippen molar-refractivity contribution in [3.63, 3.8) is 0 Å². The van der Waals surface area contributed by atoms with Crippen molar-refractivity contribution >= 4 is 5.69 Å². The number of anilines is 1. The molecular weight excluding hydrogens is 250 g/mol. The molecule has 3 rings (SSSR count). The molecular formula is C17H25NO2. The van der Waals surface area contributed by atoms with Crippen LogP contribution in [0.2, 0.25) is 0 Å². The van der Waals surface area contributed by atoms with E-state index in [9.17, 15) is 0 Å². The van der Waals surface area contributed by atoms with Gasteiger partial charge < -0.3 is 14.8 Å². The van der Waals surface area contributed by atoms with E-state index in [4.69, 9.17) is 9.47 Å². The largest absolute Gasteiger partial charge is 0.490 e. The highest BCUT2D eigenvalue weighted by molar-refractivity contribution is 5.55. The first-order chi connectivity index (χ1) is 9.74. The summed E-state index contributed by atoms with van der Waals surface area (Å²) >= 11 is 0. The van der Waals surface area contributed by atoms with Gasteiger partial charge in [0.1, 0.15) is 0 Å². The Hall–Kier alpha value is -1.38. The molecule has 1 heterocycles. The molecule has 3 atom stereocenters. The lowest BCUT2D eigenvalue weighted by Gasteiger charge is -2.35. The van der Waals surface area contributed by atoms with Crippen molar-refractivity contribution in [1.82, 2.24) is 0 Å². The van der Waals surface area contributed by atoms with Gasteiger partial charge in [-0.2, -0.15) is 0 Å². The van der Waals surface area contributed by atoms with Gasteiger partial charge in [-0.1, -0.05) is 26.7 Å². The first-order valence-electron chi connectivity index (χ1n) is 7.90. The summed E-state index contributed by atoms with van der Waals surface area (Å²) in [5, 5.41) is 3.70. The lowest BCUT2D eigenvalue weighted by atomic mass is 9.78. The van der Waals surface area contributed by atoms with E-state index in [1.54, 1.807) is 0 Å². The summed E-state index contributed by atoms with van der Waals surface area (Å²) in [5.74, 6) is 3.28. The fourth-order valence-electron chi connectivity index (χ4n) is 3.25. The predicted molar refractivity (Wildman–Crippen MR) is 81.6 cm³/mol. The monoisotopic (exact) mass is 275 g/mol. The molecule has 1 aromatic carbocycles. The summed E-state index contributed by atoms with van der Waals surface area (Å²) in [5.41, 5.74) is 1.15. The second-order valence-corrected chi connectivity index (χ2v) is 6.23. The molecule has 0 spiro atoms. The van der Waals surface area contributed by atoms with Gasteiger partial charge in [-0.05, 0) is 30.4 Å². The lowest BCUT2D eigenvalue weighted by Crippen LogP contribution is -2.34. The van der Waals surface area contributed by atoms with E-state index in [1.807, 2.05) is 6.07 Å². The average Bonchev–Trinajstić information content (AvgIpc) is 2.69. The number of ether oxygens (including phenoxy) is 2. The van der Waals surface area contributed by atoms with E-state index in [0.29, 0.717) is 6.04 Å². The smallest absolute Gasteiger partial charge is 0.163 e. The number of nitrogens with one attached hydrogen (secondary N) is 1. The zero-order valence-corrected chi connectivity index (χ0v) is 12.5. The minimum atomic E-state index is 0.573. The minimum absolute atomic E-state index is 0.573. The van der Waals surface area contributed by atoms with E-state index in [-0.39, 0.29) is 0 Å². The highest BCUT2D eigenvalue weighted by atomic mass is 16.5. The van der Waals surface area contributed by atoms with Crippen LogP contribution in [0.25, 0.3) is 0 Å². The summed E-state index contributed by atoms with van der Waals surface area (Å²) in [7, 11) is 0. The summed E-state index contributed by atoms with van der Waals surface area (Å²) in [6.07, 6.45) is 4.91. The summed E-state index contributed by atoms with van der Waals surface area (Å²) in [6.45, 7) is 6.22. The zero-order valence-electron chi connectivity index (χ0n) is 12.5. The molecule has 0 radical (unpaired) electrons. The van der Waals surface area contributed by atoms with Gasteiger partial charge in [0, 0.05) is 24.2 Å². The van der Waals surface area contributed by atoms with Gasteiger partial charge in [0.25, 0.3) is 0 Å². The molecule has 20 heavy (non-hydrogen) atoms. The predicted octanol–water partition coefficient (Wildman–Crippen LogP) is 4.08. The average molecular weight is 275 g/mol. The first kappa shape index (κ1) is 13.6. The molecule has 3 heteroatoms. The van der Waals surface area contributed by atoms with Gasteiger partial charge >= 0.3 is 0 Å². The number of benzene rings is 1. The SMILES string of the molecule is CC1CCCC(Nc2ccc3c(c2)OCCCO3)C1C. The van der Waals surface area contributed by atoms with Crippen molar-refractivity contribution < 1.29 is 9.47 Å². The lowest BCUT2D eigenvalue weighted by molar-refractivity contribution is 0.253. The van der Waals surface area contributed by atoms with Crippen LogP contribution in [-0.4, -0.2) is 19.3 Å². The van der Waals surface area contributed by atoms with Crippen molar-refractivity contribution in [2.75, 3.05) is 18.5 Å². The Kier molecular flexibility index (Phi) is 4.04. The van der Waals surface area contributed by atoms with Crippen LogP contribution in [0.1, 0.15) is 39.5 Å². The van der Waals surface area contributed by atoms with E-state index >= 15 is 0 Å². The Balaban J connectivity index is 1.72. The maximum Gasteiger partial charge on any atom is 0.163 e. The van der Waals surface area contributed by atoms with Crippen LogP contribution in [0.3, 0.4) is 0 Å². The molecule has 0 amide bonds. The molecule has 0 bridgehead atoms. The van der Waals surface area contributed by atoms with E-state index < -0.39 is 0 Å². The Labute approximate surface area is 121 Å². The standard InChI is InChI=1S/C17H25NO2/c1-12-5-3-6-15(13(12)2)18-14-7-8-16-17(11-14)20-10-4-9-19-16/h7-8,11-13,15,18H,3-6,9-10H2,1-2H3. The van der Waals surface area contributed by atoms with Crippen LogP contribution < -0.4 is 14.8 Å². The van der Waals surface area contributed by atoms with Crippen LogP contribution in [0.4, 0.5) is 5.69 Å². The van der Waals surface area contributed by atoms with Crippen molar-refractivity contribution in [3.05, 3.63) is 18.2 Å². The molecule has 1 aliphatic carbocycles. The Bertz CT molecular complexity index is 460. The molecule has 1 aromatic rings. The van der Waals surface area contributed by atoms with Crippen LogP contribution in [-0.2, 0) is 0 Å². The number of hydrogen-bond acceptors (Lipinski definition) is 3. The van der Waals surface area contributed by atoms with Gasteiger partial charge in [-0.3, -0.25) is 0 Å². The quantitative estimate of drug-likeness (QED) is 0.882. The van der Waals surface area contributed by atoms with Gasteiger partial charge in [0.15, 0.2) is 11.5 Å². The van der Waals surface area contributed by atoms with Crippen molar-refractivity contribution in [2.45, 2.75) is 45.6 Å². The molecule has 3 nitrogen and oxygen atoms in total. The maximum absolute atomic E-state index is 5.76. The zero-order chi connectivity index (χ0) is 13.9. The third-order valence-electron chi connectivity index (χ3n) is 4.81. The van der Waals surface area contributed by atoms with Gasteiger partial charge in [0.2, 0.25) is 0 Å². The highest BCUT2D eigenvalue weighted by Gasteiger charge is 2.27. The third kappa shape index (κ3) is 2.87. The summed E-state index contributed by atoms with van der Waals surface area (Å²) in [6, 6.07) is 6.80. The Morgan fingerprint density at radius 2 is 1.80 bits per heavy atom. The van der Waals surface area contributed by atoms with E-state index in [0.717, 1.165) is 48.7 Å². The highest BCUT2D eigenvalue weighted by Crippen LogP contribution is 2.35. The molecule has 0 aromatic heterocycles. The molecule has 1 saturated carbocycles. The first-order valence-corrected chi connectivity index (χ1v) is 7.90. The molecule has 3 unspecified atom stereocenters. The molecule has 1 fully saturated rings. The molecule has 2 aliphatic rings. The molecule has 110 valence electrons. The van der Waals surface area contributed by atoms with E-state index in [2.05, 4.69) is 31.3 Å². The van der Waals surface area contributed by atoms with Crippen LogP contribution in [0.5, 0.6) is 11.5 Å². The topological polar surface area (TPSA) is 30.5 Å². The second-order valence-electron chi connectivity index (χ2n) is 6.23. The molecule has 1 N–H and O–H groups in total. The van der Waals surface area contributed by atoms with Crippen LogP contribution in [0, 0.1) is 11.8 Å². The van der Waals surface area contributed by atoms with Crippen LogP contribution >= 0.6 is 0 Å². The Morgan fingerprint density at radius 1 is 1.00 bits per heavy atom.